The molecule has 2 atom stereocenters. The molecule has 5 nitrogen and oxygen atoms in total. The molecule has 2 aromatic heterocycles. The number of nitrogens with zero attached hydrogens (tertiary/aromatic N) is 2. The highest BCUT2D eigenvalue weighted by Gasteiger charge is 2.33. The monoisotopic (exact) mass is 485 g/mol. The number of hydrogen-bond acceptors (Lipinski definition) is 4. The van der Waals surface area contributed by atoms with Crippen molar-refractivity contribution in [2.24, 2.45) is 5.92 Å². The lowest BCUT2D eigenvalue weighted by molar-refractivity contribution is 0.0220. The summed E-state index contributed by atoms with van der Waals surface area (Å²) in [6, 6.07) is 13.9. The van der Waals surface area contributed by atoms with Crippen LogP contribution in [0.4, 0.5) is 4.39 Å². The molecular weight excluding hydrogens is 453 g/mol. The third-order valence-corrected chi connectivity index (χ3v) is 8.41. The molecule has 3 aliphatic rings. The van der Waals surface area contributed by atoms with E-state index in [2.05, 4.69) is 20.9 Å². The van der Waals surface area contributed by atoms with Crippen molar-refractivity contribution in [3.05, 3.63) is 65.2 Å². The molecule has 6 heteroatoms. The number of H-pyrrole nitrogens is 1. The van der Waals surface area contributed by atoms with E-state index in [9.17, 15) is 4.39 Å². The van der Waals surface area contributed by atoms with Crippen LogP contribution in [0.15, 0.2) is 42.5 Å². The second-order valence-corrected chi connectivity index (χ2v) is 10.9. The van der Waals surface area contributed by atoms with E-state index in [0.717, 1.165) is 71.4 Å². The van der Waals surface area contributed by atoms with Crippen molar-refractivity contribution in [1.82, 2.24) is 14.9 Å². The molecule has 2 aromatic carbocycles. The fourth-order valence-corrected chi connectivity index (χ4v) is 6.30. The Morgan fingerprint density at radius 2 is 1.97 bits per heavy atom. The first-order chi connectivity index (χ1) is 17.6. The molecule has 1 saturated carbocycles. The second-order valence-electron chi connectivity index (χ2n) is 10.9. The number of aryl methyl sites for hydroxylation is 2. The van der Waals surface area contributed by atoms with Crippen molar-refractivity contribution in [3.63, 3.8) is 0 Å². The van der Waals surface area contributed by atoms with Gasteiger partial charge in [0.2, 0.25) is 0 Å². The van der Waals surface area contributed by atoms with Gasteiger partial charge in [-0.3, -0.25) is 9.88 Å². The Hall–Kier alpha value is -3.12. The topological polar surface area (TPSA) is 50.4 Å². The molecule has 3 heterocycles. The van der Waals surface area contributed by atoms with Crippen LogP contribution in [0.1, 0.15) is 42.6 Å². The Morgan fingerprint density at radius 1 is 1.06 bits per heavy atom. The van der Waals surface area contributed by atoms with Crippen molar-refractivity contribution < 1.29 is 13.9 Å². The van der Waals surface area contributed by atoms with Crippen LogP contribution in [-0.4, -0.2) is 46.7 Å². The summed E-state index contributed by atoms with van der Waals surface area (Å²) in [7, 11) is 0. The molecule has 1 unspecified atom stereocenters. The number of hydrogen-bond donors (Lipinski definition) is 1. The maximum atomic E-state index is 14.0. The minimum absolute atomic E-state index is 0.00802. The van der Waals surface area contributed by atoms with Crippen LogP contribution in [0.25, 0.3) is 21.8 Å². The van der Waals surface area contributed by atoms with Crippen LogP contribution in [0.5, 0.6) is 11.5 Å². The van der Waals surface area contributed by atoms with E-state index in [-0.39, 0.29) is 11.9 Å². The lowest BCUT2D eigenvalue weighted by atomic mass is 9.84. The molecule has 0 bridgehead atoms. The largest absolute Gasteiger partial charge is 0.486 e. The van der Waals surface area contributed by atoms with E-state index in [1.54, 1.807) is 12.1 Å². The van der Waals surface area contributed by atoms with Gasteiger partial charge in [0.1, 0.15) is 18.5 Å². The molecule has 186 valence electrons. The average Bonchev–Trinajstić information content (AvgIpc) is 3.20. The first kappa shape index (κ1) is 22.1. The van der Waals surface area contributed by atoms with E-state index in [4.69, 9.17) is 9.47 Å². The van der Waals surface area contributed by atoms with Crippen LogP contribution in [0, 0.1) is 18.7 Å². The van der Waals surface area contributed by atoms with Gasteiger partial charge in [0.25, 0.3) is 0 Å². The number of fused-ring (bicyclic) bond motifs is 6. The fourth-order valence-electron chi connectivity index (χ4n) is 6.30. The Morgan fingerprint density at radius 3 is 2.83 bits per heavy atom. The van der Waals surface area contributed by atoms with Gasteiger partial charge in [0.05, 0.1) is 5.52 Å². The number of halogens is 1. The Balaban J connectivity index is 1.10. The lowest BCUT2D eigenvalue weighted by Crippen LogP contribution is -2.50. The van der Waals surface area contributed by atoms with E-state index in [0.29, 0.717) is 18.6 Å². The maximum absolute atomic E-state index is 14.0. The van der Waals surface area contributed by atoms with E-state index in [1.165, 1.54) is 30.5 Å². The molecule has 2 aliphatic carbocycles. The van der Waals surface area contributed by atoms with Gasteiger partial charge in [0.15, 0.2) is 11.5 Å². The maximum Gasteiger partial charge on any atom is 0.171 e. The number of nitrogens with one attached hydrogen (secondary N) is 1. The summed E-state index contributed by atoms with van der Waals surface area (Å²) in [4.78, 5) is 10.9. The average molecular weight is 486 g/mol. The van der Waals surface area contributed by atoms with Gasteiger partial charge in [0, 0.05) is 46.8 Å². The zero-order valence-corrected chi connectivity index (χ0v) is 20.7. The molecule has 0 spiro atoms. The molecule has 0 amide bonds. The molecule has 0 radical (unpaired) electrons. The van der Waals surface area contributed by atoms with Gasteiger partial charge in [-0.2, -0.15) is 0 Å². The van der Waals surface area contributed by atoms with Gasteiger partial charge in [-0.25, -0.2) is 4.39 Å². The number of aromatic amines is 1. The molecular formula is C30H32FN3O2. The third-order valence-electron chi connectivity index (χ3n) is 8.41. The lowest BCUT2D eigenvalue weighted by Gasteiger charge is -2.42. The van der Waals surface area contributed by atoms with Crippen LogP contribution in [-0.2, 0) is 12.8 Å². The number of rotatable bonds is 5. The molecule has 1 aliphatic heterocycles. The van der Waals surface area contributed by atoms with E-state index >= 15 is 0 Å². The van der Waals surface area contributed by atoms with Crippen LogP contribution >= 0.6 is 0 Å². The first-order valence-electron chi connectivity index (χ1n) is 13.3. The Kier molecular flexibility index (Phi) is 5.38. The zero-order valence-electron chi connectivity index (χ0n) is 20.7. The summed E-state index contributed by atoms with van der Waals surface area (Å²) >= 11 is 0. The van der Waals surface area contributed by atoms with Gasteiger partial charge in [-0.15, -0.1) is 0 Å². The molecule has 4 aromatic rings. The fraction of sp³-hybridized carbons (Fsp3) is 0.433. The summed E-state index contributed by atoms with van der Waals surface area (Å²) in [5, 5.41) is 2.07. The zero-order chi connectivity index (χ0) is 24.2. The predicted octanol–water partition coefficient (Wildman–Crippen LogP) is 5.96. The molecule has 1 fully saturated rings. The smallest absolute Gasteiger partial charge is 0.171 e. The van der Waals surface area contributed by atoms with Gasteiger partial charge < -0.3 is 14.5 Å². The van der Waals surface area contributed by atoms with E-state index in [1.807, 2.05) is 31.2 Å². The standard InChI is InChI=1S/C30H32FN3O2/c1-18-5-8-23-26(32-18)11-12-29-30(23)36-22(17-35-29)16-34(21-3-2-4-21)15-19-6-9-27-24(13-19)25-14-20(31)7-10-28(25)33-27/h5,7-8,10-12,14,19,21-22,33H,2-4,6,9,13,15-17H2,1H3/t19?,22-/m0/s1. The normalized spacial score (nSPS) is 21.6. The first-order valence-corrected chi connectivity index (χ1v) is 13.3. The summed E-state index contributed by atoms with van der Waals surface area (Å²) in [6.45, 7) is 4.49. The second kappa shape index (κ2) is 8.77. The quantitative estimate of drug-likeness (QED) is 0.379. The minimum atomic E-state index is -0.157. The van der Waals surface area contributed by atoms with Crippen molar-refractivity contribution in [1.29, 1.82) is 0 Å². The highest BCUT2D eigenvalue weighted by Crippen LogP contribution is 2.39. The van der Waals surface area contributed by atoms with Crippen LogP contribution < -0.4 is 9.47 Å². The molecule has 7 rings (SSSR count). The van der Waals surface area contributed by atoms with Crippen LogP contribution in [0.2, 0.25) is 0 Å². The van der Waals surface area contributed by atoms with Crippen LogP contribution in [0.3, 0.4) is 0 Å². The van der Waals surface area contributed by atoms with Gasteiger partial charge >= 0.3 is 0 Å². The Bertz CT molecular complexity index is 1440. The van der Waals surface area contributed by atoms with Crippen molar-refractivity contribution in [3.8, 4) is 11.5 Å². The van der Waals surface area contributed by atoms with Crippen molar-refractivity contribution in [2.75, 3.05) is 19.7 Å². The minimum Gasteiger partial charge on any atom is -0.486 e. The van der Waals surface area contributed by atoms with Gasteiger partial charge in [-0.05, 0) is 93.0 Å². The highest BCUT2D eigenvalue weighted by atomic mass is 19.1. The summed E-state index contributed by atoms with van der Waals surface area (Å²) < 4.78 is 26.7. The number of ether oxygens (including phenoxy) is 2. The summed E-state index contributed by atoms with van der Waals surface area (Å²) in [6.07, 6.45) is 7.00. The Labute approximate surface area is 210 Å². The van der Waals surface area contributed by atoms with Crippen molar-refractivity contribution in [2.45, 2.75) is 57.6 Å². The van der Waals surface area contributed by atoms with Gasteiger partial charge in [-0.1, -0.05) is 6.42 Å². The number of pyridine rings is 1. The SMILES string of the molecule is Cc1ccc2c3c(ccc2n1)OC[C@H](CN(CC1CCc2[nH]c4ccc(F)cc4c2C1)C1CCC1)O3. The number of benzene rings is 2. The third kappa shape index (κ3) is 3.92. The summed E-state index contributed by atoms with van der Waals surface area (Å²) in [5.74, 6) is 2.04. The molecule has 36 heavy (non-hydrogen) atoms. The van der Waals surface area contributed by atoms with E-state index < -0.39 is 0 Å². The highest BCUT2D eigenvalue weighted by molar-refractivity contribution is 5.88. The predicted molar refractivity (Wildman–Crippen MR) is 139 cm³/mol. The molecule has 0 saturated heterocycles. The summed E-state index contributed by atoms with van der Waals surface area (Å²) in [5.41, 5.74) is 5.61. The van der Waals surface area contributed by atoms with Crippen molar-refractivity contribution >= 4 is 21.8 Å². The molecule has 1 N–H and O–H groups in total. The number of aromatic nitrogens is 2.